The van der Waals surface area contributed by atoms with Crippen molar-refractivity contribution in [3.05, 3.63) is 0 Å². The summed E-state index contributed by atoms with van der Waals surface area (Å²) in [6.45, 7) is 7.66. The third-order valence-electron chi connectivity index (χ3n) is 6.58. The lowest BCUT2D eigenvalue weighted by atomic mass is 9.70. The molecule has 4 nitrogen and oxygen atoms in total. The van der Waals surface area contributed by atoms with E-state index in [1.807, 2.05) is 0 Å². The summed E-state index contributed by atoms with van der Waals surface area (Å²) in [6.07, 6.45) is 4.77. The molecule has 1 aliphatic heterocycles. The van der Waals surface area contributed by atoms with E-state index in [1.165, 1.54) is 12.8 Å². The molecule has 1 N–H and O–H groups in total. The average Bonchev–Trinajstić information content (AvgIpc) is 2.98. The summed E-state index contributed by atoms with van der Waals surface area (Å²) in [4.78, 5) is 10.9. The van der Waals surface area contributed by atoms with Crippen molar-refractivity contribution in [2.75, 3.05) is 6.61 Å². The summed E-state index contributed by atoms with van der Waals surface area (Å²) in [6, 6.07) is 0. The van der Waals surface area contributed by atoms with E-state index in [2.05, 4.69) is 20.8 Å². The van der Waals surface area contributed by atoms with Crippen LogP contribution in [0.25, 0.3) is 0 Å². The zero-order valence-corrected chi connectivity index (χ0v) is 12.7. The molecule has 5 atom stereocenters. The highest BCUT2D eigenvalue weighted by Gasteiger charge is 2.61. The van der Waals surface area contributed by atoms with Crippen molar-refractivity contribution >= 4 is 5.97 Å². The van der Waals surface area contributed by atoms with Crippen LogP contribution < -0.4 is 0 Å². The van der Waals surface area contributed by atoms with Crippen LogP contribution in [0.2, 0.25) is 0 Å². The van der Waals surface area contributed by atoms with Gasteiger partial charge in [0.2, 0.25) is 0 Å². The molecule has 1 saturated heterocycles. The summed E-state index contributed by atoms with van der Waals surface area (Å²) < 4.78 is 11.7. The van der Waals surface area contributed by atoms with Crippen LogP contribution in [0, 0.1) is 16.7 Å². The van der Waals surface area contributed by atoms with Gasteiger partial charge in [0.15, 0.2) is 6.10 Å². The Morgan fingerprint density at radius 3 is 2.55 bits per heavy atom. The van der Waals surface area contributed by atoms with E-state index in [4.69, 9.17) is 14.6 Å². The van der Waals surface area contributed by atoms with Crippen molar-refractivity contribution in [1.82, 2.24) is 0 Å². The summed E-state index contributed by atoms with van der Waals surface area (Å²) in [5.41, 5.74) is 0.625. The molecule has 20 heavy (non-hydrogen) atoms. The van der Waals surface area contributed by atoms with E-state index >= 15 is 0 Å². The molecular formula is C16H26O4. The molecule has 0 aromatic carbocycles. The normalized spacial score (nSPS) is 46.0. The maximum Gasteiger partial charge on any atom is 0.332 e. The van der Waals surface area contributed by atoms with E-state index in [0.29, 0.717) is 24.5 Å². The van der Waals surface area contributed by atoms with Gasteiger partial charge in [0.05, 0.1) is 18.8 Å². The SMILES string of the molecule is CC1(C)C2CCC1(C)C(OCC1CCC(C(=O)O)O1)C2. The lowest BCUT2D eigenvalue weighted by Gasteiger charge is -2.39. The zero-order valence-electron chi connectivity index (χ0n) is 12.7. The lowest BCUT2D eigenvalue weighted by Crippen LogP contribution is -2.38. The minimum absolute atomic E-state index is 0.0399. The summed E-state index contributed by atoms with van der Waals surface area (Å²) in [5.74, 6) is -0.0747. The van der Waals surface area contributed by atoms with Crippen LogP contribution in [0.1, 0.15) is 52.9 Å². The van der Waals surface area contributed by atoms with Gasteiger partial charge < -0.3 is 14.6 Å². The number of hydrogen-bond donors (Lipinski definition) is 1. The van der Waals surface area contributed by atoms with Gasteiger partial charge in [0.1, 0.15) is 0 Å². The highest BCUT2D eigenvalue weighted by molar-refractivity contribution is 5.72. The minimum Gasteiger partial charge on any atom is -0.479 e. The summed E-state index contributed by atoms with van der Waals surface area (Å²) in [7, 11) is 0. The molecule has 0 amide bonds. The van der Waals surface area contributed by atoms with E-state index in [1.54, 1.807) is 0 Å². The first kappa shape index (κ1) is 14.3. The number of carboxylic acid groups (broad SMARTS) is 1. The van der Waals surface area contributed by atoms with Gasteiger partial charge in [-0.15, -0.1) is 0 Å². The third kappa shape index (κ3) is 2.00. The predicted octanol–water partition coefficient (Wildman–Crippen LogP) is 2.85. The second kappa shape index (κ2) is 4.70. The molecule has 3 rings (SSSR count). The number of carbonyl (C=O) groups is 1. The standard InChI is InChI=1S/C16H26O4/c1-15(2)10-6-7-16(15,3)13(8-10)19-9-11-4-5-12(20-11)14(17)18/h10-13H,4-9H2,1-3H3,(H,17,18). The first-order valence-corrected chi connectivity index (χ1v) is 7.84. The quantitative estimate of drug-likeness (QED) is 0.861. The highest BCUT2D eigenvalue weighted by atomic mass is 16.6. The molecule has 0 spiro atoms. The van der Waals surface area contributed by atoms with Crippen molar-refractivity contribution < 1.29 is 19.4 Å². The molecule has 3 aliphatic rings. The molecule has 0 radical (unpaired) electrons. The van der Waals surface area contributed by atoms with Crippen LogP contribution >= 0.6 is 0 Å². The fourth-order valence-corrected chi connectivity index (χ4v) is 4.62. The molecule has 1 heterocycles. The molecule has 2 saturated carbocycles. The topological polar surface area (TPSA) is 55.8 Å². The van der Waals surface area contributed by atoms with Gasteiger partial charge in [-0.1, -0.05) is 20.8 Å². The number of fused-ring (bicyclic) bond motifs is 2. The van der Waals surface area contributed by atoms with Crippen LogP contribution in [0.5, 0.6) is 0 Å². The summed E-state index contributed by atoms with van der Waals surface area (Å²) in [5, 5.41) is 8.94. The Morgan fingerprint density at radius 2 is 2.05 bits per heavy atom. The van der Waals surface area contributed by atoms with Crippen LogP contribution in [0.4, 0.5) is 0 Å². The Hall–Kier alpha value is -0.610. The number of hydrogen-bond acceptors (Lipinski definition) is 3. The van der Waals surface area contributed by atoms with Crippen molar-refractivity contribution in [3.63, 3.8) is 0 Å². The van der Waals surface area contributed by atoms with E-state index in [0.717, 1.165) is 18.8 Å². The molecule has 0 aromatic heterocycles. The van der Waals surface area contributed by atoms with Gasteiger partial charge in [-0.2, -0.15) is 0 Å². The number of rotatable bonds is 4. The fraction of sp³-hybridized carbons (Fsp3) is 0.938. The smallest absolute Gasteiger partial charge is 0.332 e. The fourth-order valence-electron chi connectivity index (χ4n) is 4.62. The number of carboxylic acids is 1. The van der Waals surface area contributed by atoms with Crippen LogP contribution in [-0.2, 0) is 14.3 Å². The predicted molar refractivity (Wildman–Crippen MR) is 74.5 cm³/mol. The van der Waals surface area contributed by atoms with Crippen molar-refractivity contribution in [3.8, 4) is 0 Å². The second-order valence-electron chi connectivity index (χ2n) is 7.59. The molecular weight excluding hydrogens is 256 g/mol. The first-order chi connectivity index (χ1) is 9.34. The van der Waals surface area contributed by atoms with Crippen molar-refractivity contribution in [1.29, 1.82) is 0 Å². The molecule has 0 aromatic rings. The minimum atomic E-state index is -0.847. The first-order valence-electron chi connectivity index (χ1n) is 7.84. The van der Waals surface area contributed by atoms with Crippen LogP contribution in [0.3, 0.4) is 0 Å². The molecule has 2 bridgehead atoms. The Bertz CT molecular complexity index is 405. The maximum absolute atomic E-state index is 10.9. The van der Waals surface area contributed by atoms with Crippen LogP contribution in [0.15, 0.2) is 0 Å². The van der Waals surface area contributed by atoms with E-state index in [-0.39, 0.29) is 11.5 Å². The van der Waals surface area contributed by atoms with Gasteiger partial charge in [-0.05, 0) is 48.9 Å². The molecule has 2 aliphatic carbocycles. The monoisotopic (exact) mass is 282 g/mol. The zero-order chi connectivity index (χ0) is 14.5. The van der Waals surface area contributed by atoms with Gasteiger partial charge in [-0.3, -0.25) is 0 Å². The van der Waals surface area contributed by atoms with Gasteiger partial charge in [0, 0.05) is 0 Å². The average molecular weight is 282 g/mol. The Morgan fingerprint density at radius 1 is 1.30 bits per heavy atom. The molecule has 114 valence electrons. The highest BCUT2D eigenvalue weighted by Crippen LogP contribution is 2.66. The van der Waals surface area contributed by atoms with Gasteiger partial charge in [0.25, 0.3) is 0 Å². The number of ether oxygens (including phenoxy) is 2. The van der Waals surface area contributed by atoms with Gasteiger partial charge in [-0.25, -0.2) is 4.79 Å². The van der Waals surface area contributed by atoms with Crippen molar-refractivity contribution in [2.45, 2.75) is 71.2 Å². The number of aliphatic carboxylic acids is 1. The van der Waals surface area contributed by atoms with Gasteiger partial charge >= 0.3 is 5.97 Å². The Balaban J connectivity index is 1.55. The largest absolute Gasteiger partial charge is 0.479 e. The van der Waals surface area contributed by atoms with E-state index < -0.39 is 12.1 Å². The third-order valence-corrected chi connectivity index (χ3v) is 6.58. The molecule has 4 heteroatoms. The molecule has 3 fully saturated rings. The maximum atomic E-state index is 10.9. The van der Waals surface area contributed by atoms with E-state index in [9.17, 15) is 4.79 Å². The summed E-state index contributed by atoms with van der Waals surface area (Å²) >= 11 is 0. The van der Waals surface area contributed by atoms with Crippen LogP contribution in [-0.4, -0.2) is 36.0 Å². The Labute approximate surface area is 120 Å². The molecule has 5 unspecified atom stereocenters. The lowest BCUT2D eigenvalue weighted by molar-refractivity contribution is -0.152. The second-order valence-corrected chi connectivity index (χ2v) is 7.59. The van der Waals surface area contributed by atoms with Crippen molar-refractivity contribution in [2.24, 2.45) is 16.7 Å². The Kier molecular flexibility index (Phi) is 3.37.